The van der Waals surface area contributed by atoms with E-state index in [9.17, 15) is 25.3 Å². The number of hydrogen-bond donors (Lipinski definition) is 0. The van der Waals surface area contributed by atoms with Gasteiger partial charge >= 0.3 is 0 Å². The van der Waals surface area contributed by atoms with Crippen LogP contribution in [0.5, 0.6) is 0 Å². The molecule has 0 fully saturated rings. The fourth-order valence-electron chi connectivity index (χ4n) is 3.72. The minimum Gasteiger partial charge on any atom is -0.262 e. The Morgan fingerprint density at radius 2 is 0.821 bits per heavy atom. The van der Waals surface area contributed by atoms with Crippen LogP contribution in [0.2, 0.25) is 0 Å². The summed E-state index contributed by atoms with van der Waals surface area (Å²) in [6.07, 6.45) is -2.20. The maximum Gasteiger partial charge on any atom is 0.297 e. The van der Waals surface area contributed by atoms with E-state index >= 15 is 0 Å². The van der Waals surface area contributed by atoms with Crippen molar-refractivity contribution in [1.29, 1.82) is 0 Å². The van der Waals surface area contributed by atoms with E-state index in [0.717, 1.165) is 21.0 Å². The molecule has 3 rings (SSSR count). The smallest absolute Gasteiger partial charge is 0.262 e. The van der Waals surface area contributed by atoms with Crippen molar-refractivity contribution in [1.82, 2.24) is 4.31 Å². The van der Waals surface area contributed by atoms with Crippen LogP contribution < -0.4 is 0 Å². The molecule has 0 aliphatic heterocycles. The summed E-state index contributed by atoms with van der Waals surface area (Å²) in [6, 6.07) is 18.3. The van der Waals surface area contributed by atoms with E-state index in [1.165, 1.54) is 50.2 Å². The normalized spacial score (nSPS) is 14.3. The molecule has 9 nitrogen and oxygen atoms in total. The maximum absolute atomic E-state index is 13.6. The molecule has 0 heterocycles. The Kier molecular flexibility index (Phi) is 9.73. The lowest BCUT2D eigenvalue weighted by Crippen LogP contribution is -2.42. The lowest BCUT2D eigenvalue weighted by Gasteiger charge is -2.27. The first-order valence-corrected chi connectivity index (χ1v) is 16.4. The SMILES string of the molecule is Cc1ccc(S(=O)(=O)OC(C)CN(CC(C)OS(=O)(=O)c2ccc(C)cc2)S(=O)(=O)c2ccc(C)cc2)cc1. The molecule has 39 heavy (non-hydrogen) atoms. The van der Waals surface area contributed by atoms with Crippen LogP contribution in [0.15, 0.2) is 87.5 Å². The minimum absolute atomic E-state index is 0.0321. The number of hydrogen-bond acceptors (Lipinski definition) is 8. The summed E-state index contributed by atoms with van der Waals surface area (Å²) in [5.41, 5.74) is 2.58. The molecule has 212 valence electrons. The molecular weight excluding hydrogens is 562 g/mol. The first kappa shape index (κ1) is 30.9. The first-order valence-electron chi connectivity index (χ1n) is 12.2. The van der Waals surface area contributed by atoms with E-state index in [2.05, 4.69) is 0 Å². The van der Waals surface area contributed by atoms with E-state index in [4.69, 9.17) is 8.37 Å². The van der Waals surface area contributed by atoms with Crippen molar-refractivity contribution in [3.05, 3.63) is 89.5 Å². The molecule has 0 aliphatic rings. The molecule has 0 saturated carbocycles. The Morgan fingerprint density at radius 3 is 1.13 bits per heavy atom. The summed E-state index contributed by atoms with van der Waals surface area (Å²) in [7, 11) is -12.5. The molecule has 0 saturated heterocycles. The first-order chi connectivity index (χ1) is 18.1. The summed E-state index contributed by atoms with van der Waals surface area (Å²) in [4.78, 5) is -0.155. The summed E-state index contributed by atoms with van der Waals surface area (Å²) in [5, 5.41) is 0. The summed E-state index contributed by atoms with van der Waals surface area (Å²) < 4.78 is 89.9. The van der Waals surface area contributed by atoms with Gasteiger partial charge in [-0.25, -0.2) is 8.42 Å². The molecule has 0 amide bonds. The molecule has 0 radical (unpaired) electrons. The molecule has 12 heteroatoms. The van der Waals surface area contributed by atoms with Crippen LogP contribution in [0.4, 0.5) is 0 Å². The van der Waals surface area contributed by atoms with E-state index in [0.29, 0.717) is 0 Å². The highest BCUT2D eigenvalue weighted by Gasteiger charge is 2.31. The van der Waals surface area contributed by atoms with Gasteiger partial charge in [0, 0.05) is 13.1 Å². The molecule has 0 N–H and O–H groups in total. The topological polar surface area (TPSA) is 124 Å². The highest BCUT2D eigenvalue weighted by molar-refractivity contribution is 7.89. The molecule has 0 spiro atoms. The van der Waals surface area contributed by atoms with Gasteiger partial charge < -0.3 is 0 Å². The van der Waals surface area contributed by atoms with Crippen molar-refractivity contribution in [2.75, 3.05) is 13.1 Å². The predicted octanol–water partition coefficient (Wildman–Crippen LogP) is 4.19. The summed E-state index contributed by atoms with van der Waals surface area (Å²) in [6.45, 7) is 7.55. The number of benzene rings is 3. The van der Waals surface area contributed by atoms with Gasteiger partial charge in [0.15, 0.2) is 0 Å². The highest BCUT2D eigenvalue weighted by atomic mass is 32.2. The average Bonchev–Trinajstić information content (AvgIpc) is 2.83. The van der Waals surface area contributed by atoms with Gasteiger partial charge in [-0.05, 0) is 71.0 Å². The van der Waals surface area contributed by atoms with Gasteiger partial charge in [-0.15, -0.1) is 0 Å². The Hall–Kier alpha value is -2.61. The molecule has 3 aromatic carbocycles. The third-order valence-corrected chi connectivity index (χ3v) is 10.5. The third kappa shape index (κ3) is 8.19. The maximum atomic E-state index is 13.6. The quantitative estimate of drug-likeness (QED) is 0.286. The van der Waals surface area contributed by atoms with Gasteiger partial charge in [0.1, 0.15) is 0 Å². The number of rotatable bonds is 12. The lowest BCUT2D eigenvalue weighted by molar-refractivity contribution is 0.155. The van der Waals surface area contributed by atoms with E-state index in [1.54, 1.807) is 36.4 Å². The zero-order chi connectivity index (χ0) is 29.0. The molecule has 0 aromatic heterocycles. The number of sulfonamides is 1. The summed E-state index contributed by atoms with van der Waals surface area (Å²) in [5.74, 6) is 0. The highest BCUT2D eigenvalue weighted by Crippen LogP contribution is 2.22. The Labute approximate surface area is 231 Å². The Balaban J connectivity index is 1.85. The van der Waals surface area contributed by atoms with Crippen molar-refractivity contribution in [2.24, 2.45) is 0 Å². The second-order valence-corrected chi connectivity index (χ2v) is 14.6. The Morgan fingerprint density at radius 1 is 0.538 bits per heavy atom. The molecule has 3 aromatic rings. The van der Waals surface area contributed by atoms with Crippen LogP contribution in [0.3, 0.4) is 0 Å². The second-order valence-electron chi connectivity index (χ2n) is 9.48. The fourth-order valence-corrected chi connectivity index (χ4v) is 7.46. The molecule has 2 atom stereocenters. The van der Waals surface area contributed by atoms with Gasteiger partial charge in [-0.2, -0.15) is 21.1 Å². The zero-order valence-electron chi connectivity index (χ0n) is 22.4. The van der Waals surface area contributed by atoms with E-state index in [1.807, 2.05) is 20.8 Å². The van der Waals surface area contributed by atoms with E-state index < -0.39 is 42.5 Å². The Bertz CT molecular complexity index is 1500. The number of aryl methyl sites for hydroxylation is 3. The predicted molar refractivity (Wildman–Crippen MR) is 148 cm³/mol. The van der Waals surface area contributed by atoms with Crippen molar-refractivity contribution in [3.63, 3.8) is 0 Å². The largest absolute Gasteiger partial charge is 0.297 e. The van der Waals surface area contributed by atoms with Crippen LogP contribution in [0.1, 0.15) is 30.5 Å². The van der Waals surface area contributed by atoms with Crippen molar-refractivity contribution in [2.45, 2.75) is 61.5 Å². The zero-order valence-corrected chi connectivity index (χ0v) is 24.9. The average molecular weight is 596 g/mol. The molecule has 0 bridgehead atoms. The van der Waals surface area contributed by atoms with Crippen molar-refractivity contribution < 1.29 is 33.6 Å². The van der Waals surface area contributed by atoms with Crippen LogP contribution in [0, 0.1) is 20.8 Å². The lowest BCUT2D eigenvalue weighted by atomic mass is 10.2. The van der Waals surface area contributed by atoms with E-state index in [-0.39, 0.29) is 27.8 Å². The summed E-state index contributed by atoms with van der Waals surface area (Å²) >= 11 is 0. The number of nitrogens with zero attached hydrogens (tertiary/aromatic N) is 1. The third-order valence-electron chi connectivity index (χ3n) is 5.78. The van der Waals surface area contributed by atoms with Crippen LogP contribution in [-0.2, 0) is 38.6 Å². The van der Waals surface area contributed by atoms with Crippen molar-refractivity contribution in [3.8, 4) is 0 Å². The molecule has 0 aliphatic carbocycles. The van der Waals surface area contributed by atoms with Gasteiger partial charge in [0.25, 0.3) is 20.2 Å². The van der Waals surface area contributed by atoms with Gasteiger partial charge in [0.2, 0.25) is 10.0 Å². The second kappa shape index (κ2) is 12.3. The molecule has 2 unspecified atom stereocenters. The monoisotopic (exact) mass is 595 g/mol. The van der Waals surface area contributed by atoms with Crippen LogP contribution >= 0.6 is 0 Å². The molecular formula is C27H33NO8S3. The van der Waals surface area contributed by atoms with Gasteiger partial charge in [-0.3, -0.25) is 8.37 Å². The standard InChI is InChI=1S/C27H33NO8S3/c1-20-6-12-25(13-7-20)37(29,30)28(18-23(4)35-38(31,32)26-14-8-21(2)9-15-26)19-24(5)36-39(33,34)27-16-10-22(3)11-17-27/h6-17,23-24H,18-19H2,1-5H3. The van der Waals surface area contributed by atoms with Gasteiger partial charge in [-0.1, -0.05) is 53.1 Å². The van der Waals surface area contributed by atoms with Gasteiger partial charge in [0.05, 0.1) is 26.9 Å². The van der Waals surface area contributed by atoms with Crippen LogP contribution in [0.25, 0.3) is 0 Å². The van der Waals surface area contributed by atoms with Crippen LogP contribution in [-0.4, -0.2) is 54.9 Å². The minimum atomic E-state index is -4.18. The fraction of sp³-hybridized carbons (Fsp3) is 0.333. The van der Waals surface area contributed by atoms with Crippen molar-refractivity contribution >= 4 is 30.3 Å².